The largest absolute Gasteiger partial charge is 0.436 e. The minimum atomic E-state index is -0.592. The van der Waals surface area contributed by atoms with Gasteiger partial charge in [-0.3, -0.25) is 4.79 Å². The summed E-state index contributed by atoms with van der Waals surface area (Å²) in [5, 5.41) is 3.10. The Bertz CT molecular complexity index is 420. The normalized spacial score (nSPS) is 27.5. The SMILES string of the molecule is CC(=O)OC1C[C@@H](c2ccccc2)[C@H](N=O)CO1. The number of hydrogen-bond donors (Lipinski definition) is 0. The van der Waals surface area contributed by atoms with Gasteiger partial charge in [0.15, 0.2) is 0 Å². The lowest BCUT2D eigenvalue weighted by Gasteiger charge is -2.32. The monoisotopic (exact) mass is 249 g/mol. The van der Waals surface area contributed by atoms with Crippen LogP contribution in [0.3, 0.4) is 0 Å². The molecule has 0 aromatic heterocycles. The van der Waals surface area contributed by atoms with E-state index < -0.39 is 12.3 Å². The molecule has 0 spiro atoms. The molecule has 1 saturated heterocycles. The average molecular weight is 249 g/mol. The molecule has 96 valence electrons. The van der Waals surface area contributed by atoms with Crippen molar-refractivity contribution in [2.75, 3.05) is 6.61 Å². The minimum Gasteiger partial charge on any atom is -0.436 e. The van der Waals surface area contributed by atoms with Crippen LogP contribution < -0.4 is 0 Å². The minimum absolute atomic E-state index is 0.0678. The molecule has 1 aromatic rings. The van der Waals surface area contributed by atoms with Crippen LogP contribution in [-0.4, -0.2) is 24.9 Å². The highest BCUT2D eigenvalue weighted by atomic mass is 16.7. The molecule has 0 aliphatic carbocycles. The van der Waals surface area contributed by atoms with Crippen molar-refractivity contribution in [3.05, 3.63) is 40.8 Å². The molecule has 1 aromatic carbocycles. The zero-order chi connectivity index (χ0) is 13.0. The van der Waals surface area contributed by atoms with Gasteiger partial charge >= 0.3 is 5.97 Å². The Morgan fingerprint density at radius 3 is 2.72 bits per heavy atom. The fraction of sp³-hybridized carbons (Fsp3) is 0.462. The number of benzene rings is 1. The zero-order valence-corrected chi connectivity index (χ0v) is 10.1. The van der Waals surface area contributed by atoms with E-state index >= 15 is 0 Å². The van der Waals surface area contributed by atoms with Gasteiger partial charge in [-0.15, -0.1) is 0 Å². The van der Waals surface area contributed by atoms with Crippen molar-refractivity contribution >= 4 is 5.97 Å². The van der Waals surface area contributed by atoms with Crippen molar-refractivity contribution in [3.8, 4) is 0 Å². The second-order valence-corrected chi connectivity index (χ2v) is 4.30. The van der Waals surface area contributed by atoms with Crippen LogP contribution >= 0.6 is 0 Å². The first-order valence-electron chi connectivity index (χ1n) is 5.87. The first kappa shape index (κ1) is 12.7. The quantitative estimate of drug-likeness (QED) is 0.608. The Labute approximate surface area is 105 Å². The van der Waals surface area contributed by atoms with Gasteiger partial charge in [-0.25, -0.2) is 0 Å². The van der Waals surface area contributed by atoms with Crippen LogP contribution in [0.5, 0.6) is 0 Å². The molecule has 1 aliphatic rings. The highest BCUT2D eigenvalue weighted by Crippen LogP contribution is 2.32. The predicted molar refractivity (Wildman–Crippen MR) is 64.9 cm³/mol. The Kier molecular flexibility index (Phi) is 4.04. The molecule has 0 N–H and O–H groups in total. The maximum absolute atomic E-state index is 10.9. The van der Waals surface area contributed by atoms with E-state index in [1.54, 1.807) is 0 Å². The van der Waals surface area contributed by atoms with Crippen LogP contribution in [0.4, 0.5) is 0 Å². The number of nitrogens with zero attached hydrogens (tertiary/aromatic N) is 1. The molecule has 18 heavy (non-hydrogen) atoms. The summed E-state index contributed by atoms with van der Waals surface area (Å²) in [5.41, 5.74) is 1.02. The van der Waals surface area contributed by atoms with E-state index in [1.165, 1.54) is 6.92 Å². The van der Waals surface area contributed by atoms with E-state index in [4.69, 9.17) is 9.47 Å². The lowest BCUT2D eigenvalue weighted by molar-refractivity contribution is -0.188. The predicted octanol–water partition coefficient (Wildman–Crippen LogP) is 2.21. The van der Waals surface area contributed by atoms with Crippen molar-refractivity contribution in [2.24, 2.45) is 5.18 Å². The summed E-state index contributed by atoms with van der Waals surface area (Å²) in [6.45, 7) is 1.52. The van der Waals surface area contributed by atoms with Gasteiger partial charge in [0, 0.05) is 19.3 Å². The van der Waals surface area contributed by atoms with Gasteiger partial charge in [-0.1, -0.05) is 35.5 Å². The Morgan fingerprint density at radius 1 is 1.39 bits per heavy atom. The van der Waals surface area contributed by atoms with Crippen molar-refractivity contribution in [3.63, 3.8) is 0 Å². The summed E-state index contributed by atoms with van der Waals surface area (Å²) < 4.78 is 10.3. The van der Waals surface area contributed by atoms with Crippen molar-refractivity contribution in [1.29, 1.82) is 0 Å². The molecule has 5 nitrogen and oxygen atoms in total. The fourth-order valence-electron chi connectivity index (χ4n) is 2.18. The topological polar surface area (TPSA) is 65.0 Å². The smallest absolute Gasteiger partial charge is 0.304 e. The lowest BCUT2D eigenvalue weighted by Crippen LogP contribution is -2.37. The molecular formula is C13H15NO4. The Morgan fingerprint density at radius 2 is 2.11 bits per heavy atom. The molecule has 0 amide bonds. The zero-order valence-electron chi connectivity index (χ0n) is 10.1. The third-order valence-electron chi connectivity index (χ3n) is 3.02. The van der Waals surface area contributed by atoms with Crippen LogP contribution in [0.2, 0.25) is 0 Å². The molecule has 1 aliphatic heterocycles. The van der Waals surface area contributed by atoms with Gasteiger partial charge in [0.1, 0.15) is 6.04 Å². The van der Waals surface area contributed by atoms with Crippen molar-refractivity contribution in [1.82, 2.24) is 0 Å². The molecule has 1 unspecified atom stereocenters. The van der Waals surface area contributed by atoms with Gasteiger partial charge in [0.05, 0.1) is 6.61 Å². The van der Waals surface area contributed by atoms with Gasteiger partial charge in [-0.2, -0.15) is 4.91 Å². The van der Waals surface area contributed by atoms with E-state index in [9.17, 15) is 9.70 Å². The molecule has 3 atom stereocenters. The van der Waals surface area contributed by atoms with Gasteiger partial charge in [0.2, 0.25) is 6.29 Å². The number of hydrogen-bond acceptors (Lipinski definition) is 5. The van der Waals surface area contributed by atoms with Crippen LogP contribution in [0.25, 0.3) is 0 Å². The molecule has 2 rings (SSSR count). The molecule has 0 bridgehead atoms. The highest BCUT2D eigenvalue weighted by molar-refractivity contribution is 5.66. The molecule has 1 heterocycles. The number of carbonyl (C=O) groups is 1. The summed E-state index contributed by atoms with van der Waals surface area (Å²) in [5.74, 6) is -0.453. The van der Waals surface area contributed by atoms with Crippen LogP contribution in [0.1, 0.15) is 24.8 Å². The lowest BCUT2D eigenvalue weighted by atomic mass is 9.87. The highest BCUT2D eigenvalue weighted by Gasteiger charge is 2.34. The molecule has 5 heteroatoms. The summed E-state index contributed by atoms with van der Waals surface area (Å²) in [6.07, 6.45) is -0.134. The Hall–Kier alpha value is -1.75. The van der Waals surface area contributed by atoms with E-state index in [1.807, 2.05) is 30.3 Å². The second kappa shape index (κ2) is 5.73. The number of carbonyl (C=O) groups excluding carboxylic acids is 1. The number of rotatable bonds is 3. The van der Waals surface area contributed by atoms with E-state index in [0.29, 0.717) is 6.42 Å². The first-order valence-corrected chi connectivity index (χ1v) is 5.87. The van der Waals surface area contributed by atoms with Crippen molar-refractivity contribution in [2.45, 2.75) is 31.6 Å². The first-order chi connectivity index (χ1) is 8.70. The second-order valence-electron chi connectivity index (χ2n) is 4.30. The Balaban J connectivity index is 2.13. The summed E-state index contributed by atoms with van der Waals surface area (Å²) in [7, 11) is 0. The van der Waals surface area contributed by atoms with Crippen LogP contribution in [0.15, 0.2) is 35.5 Å². The number of nitroso groups, excluding NO2 is 1. The summed E-state index contributed by atoms with van der Waals surface area (Å²) in [6, 6.07) is 9.19. The molecule has 0 radical (unpaired) electrons. The maximum atomic E-state index is 10.9. The number of ether oxygens (including phenoxy) is 2. The van der Waals surface area contributed by atoms with E-state index in [-0.39, 0.29) is 18.5 Å². The average Bonchev–Trinajstić information content (AvgIpc) is 2.39. The summed E-state index contributed by atoms with van der Waals surface area (Å²) >= 11 is 0. The van der Waals surface area contributed by atoms with Gasteiger partial charge in [-0.05, 0) is 5.56 Å². The fourth-order valence-corrected chi connectivity index (χ4v) is 2.18. The number of esters is 1. The third-order valence-corrected chi connectivity index (χ3v) is 3.02. The maximum Gasteiger partial charge on any atom is 0.304 e. The van der Waals surface area contributed by atoms with E-state index in [0.717, 1.165) is 5.56 Å². The third kappa shape index (κ3) is 2.92. The molecular weight excluding hydrogens is 234 g/mol. The summed E-state index contributed by atoms with van der Waals surface area (Å²) in [4.78, 5) is 21.8. The molecule has 0 saturated carbocycles. The van der Waals surface area contributed by atoms with Gasteiger partial charge in [0.25, 0.3) is 0 Å². The standard InChI is InChI=1S/C13H15NO4/c1-9(15)18-13-7-11(12(14-16)8-17-13)10-5-3-2-4-6-10/h2-6,11-13H,7-8H2,1H3/t11-,12+,13?/m0/s1. The molecule has 1 fully saturated rings. The van der Waals surface area contributed by atoms with E-state index in [2.05, 4.69) is 5.18 Å². The van der Waals surface area contributed by atoms with Crippen molar-refractivity contribution < 1.29 is 14.3 Å². The van der Waals surface area contributed by atoms with Crippen LogP contribution in [-0.2, 0) is 14.3 Å². The van der Waals surface area contributed by atoms with Crippen LogP contribution in [0, 0.1) is 4.91 Å². The van der Waals surface area contributed by atoms with Gasteiger partial charge < -0.3 is 9.47 Å².